The second-order valence-electron chi connectivity index (χ2n) is 4.45. The lowest BCUT2D eigenvalue weighted by molar-refractivity contribution is 0.410. The van der Waals surface area contributed by atoms with Gasteiger partial charge in [-0.3, -0.25) is 0 Å². The summed E-state index contributed by atoms with van der Waals surface area (Å²) in [7, 11) is 0. The summed E-state index contributed by atoms with van der Waals surface area (Å²) < 4.78 is 18.7. The quantitative estimate of drug-likeness (QED) is 0.929. The van der Waals surface area contributed by atoms with Crippen molar-refractivity contribution in [3.8, 4) is 11.5 Å². The van der Waals surface area contributed by atoms with Crippen LogP contribution in [-0.2, 0) is 0 Å². The van der Waals surface area contributed by atoms with Crippen LogP contribution in [-0.4, -0.2) is 10.1 Å². The lowest BCUT2D eigenvalue weighted by Gasteiger charge is -2.02. The highest BCUT2D eigenvalue weighted by atomic mass is 35.5. The minimum absolute atomic E-state index is 0.135. The van der Waals surface area contributed by atoms with Gasteiger partial charge in [0.1, 0.15) is 5.82 Å². The van der Waals surface area contributed by atoms with Crippen molar-refractivity contribution in [3.63, 3.8) is 0 Å². The number of aromatic nitrogens is 2. The summed E-state index contributed by atoms with van der Waals surface area (Å²) in [5, 5.41) is 4.13. The monoisotopic (exact) mass is 267 g/mol. The van der Waals surface area contributed by atoms with Crippen LogP contribution in [0.15, 0.2) is 22.7 Å². The lowest BCUT2D eigenvalue weighted by atomic mass is 10.2. The van der Waals surface area contributed by atoms with Gasteiger partial charge in [-0.25, -0.2) is 4.39 Å². The Kier molecular flexibility index (Phi) is 2.80. The first-order chi connectivity index (χ1) is 8.65. The molecule has 1 heterocycles. The molecule has 0 amide bonds. The Bertz CT molecular complexity index is 582. The average molecular weight is 268 g/mol. The minimum atomic E-state index is -0.488. The molecule has 4 nitrogen and oxygen atoms in total. The summed E-state index contributed by atoms with van der Waals surface area (Å²) in [4.78, 5) is 4.15. The SMILES string of the molecule is NC(c1noc(-c2ccc(Cl)cc2F)n1)C1CC1. The van der Waals surface area contributed by atoms with Crippen molar-refractivity contribution in [3.05, 3.63) is 34.9 Å². The van der Waals surface area contributed by atoms with Crippen LogP contribution in [0.25, 0.3) is 11.5 Å². The molecular weight excluding hydrogens is 257 g/mol. The van der Waals surface area contributed by atoms with Gasteiger partial charge in [-0.1, -0.05) is 16.8 Å². The molecule has 1 aliphatic carbocycles. The van der Waals surface area contributed by atoms with Gasteiger partial charge < -0.3 is 10.3 Å². The summed E-state index contributed by atoms with van der Waals surface area (Å²) in [6.45, 7) is 0. The first-order valence-corrected chi connectivity index (χ1v) is 6.07. The standard InChI is InChI=1S/C12H11ClFN3O/c13-7-3-4-8(9(14)5-7)12-16-11(17-18-12)10(15)6-1-2-6/h3-6,10H,1-2,15H2. The number of hydrogen-bond acceptors (Lipinski definition) is 4. The Morgan fingerprint density at radius 1 is 1.44 bits per heavy atom. The minimum Gasteiger partial charge on any atom is -0.334 e. The Morgan fingerprint density at radius 2 is 2.22 bits per heavy atom. The van der Waals surface area contributed by atoms with Gasteiger partial charge in [-0.2, -0.15) is 4.98 Å². The summed E-state index contributed by atoms with van der Waals surface area (Å²) in [6.07, 6.45) is 2.17. The summed E-state index contributed by atoms with van der Waals surface area (Å²) in [5.41, 5.74) is 6.19. The van der Waals surface area contributed by atoms with Crippen LogP contribution < -0.4 is 5.73 Å². The molecule has 1 fully saturated rings. The summed E-state index contributed by atoms with van der Waals surface area (Å²) in [6, 6.07) is 4.07. The van der Waals surface area contributed by atoms with Crippen molar-refractivity contribution >= 4 is 11.6 Å². The third-order valence-corrected chi connectivity index (χ3v) is 3.27. The molecule has 18 heavy (non-hydrogen) atoms. The molecule has 3 rings (SSSR count). The zero-order valence-corrected chi connectivity index (χ0v) is 10.2. The van der Waals surface area contributed by atoms with Gasteiger partial charge in [0, 0.05) is 5.02 Å². The van der Waals surface area contributed by atoms with Crippen LogP contribution in [0.3, 0.4) is 0 Å². The Morgan fingerprint density at radius 3 is 2.89 bits per heavy atom. The van der Waals surface area contributed by atoms with Crippen molar-refractivity contribution in [2.75, 3.05) is 0 Å². The number of hydrogen-bond donors (Lipinski definition) is 1. The van der Waals surface area contributed by atoms with Crippen molar-refractivity contribution in [2.24, 2.45) is 11.7 Å². The molecule has 6 heteroatoms. The number of nitrogens with zero attached hydrogens (tertiary/aromatic N) is 2. The number of nitrogens with two attached hydrogens (primary N) is 1. The van der Waals surface area contributed by atoms with Gasteiger partial charge >= 0.3 is 0 Å². The zero-order valence-electron chi connectivity index (χ0n) is 9.44. The normalized spacial score (nSPS) is 16.8. The molecule has 1 atom stereocenters. The second kappa shape index (κ2) is 4.33. The van der Waals surface area contributed by atoms with Gasteiger partial charge in [-0.15, -0.1) is 0 Å². The van der Waals surface area contributed by atoms with Crippen LogP contribution in [0.1, 0.15) is 24.7 Å². The largest absolute Gasteiger partial charge is 0.334 e. The Labute approximate surface area is 108 Å². The van der Waals surface area contributed by atoms with Crippen LogP contribution in [0, 0.1) is 11.7 Å². The van der Waals surface area contributed by atoms with Crippen LogP contribution >= 0.6 is 11.6 Å². The molecule has 1 saturated carbocycles. The molecule has 0 saturated heterocycles. The number of rotatable bonds is 3. The highest BCUT2D eigenvalue weighted by Gasteiger charge is 2.32. The van der Waals surface area contributed by atoms with Crippen molar-refractivity contribution in [1.29, 1.82) is 0 Å². The van der Waals surface area contributed by atoms with E-state index in [2.05, 4.69) is 10.1 Å². The zero-order chi connectivity index (χ0) is 12.7. The van der Waals surface area contributed by atoms with Gasteiger partial charge in [0.05, 0.1) is 11.6 Å². The predicted octanol–water partition coefficient (Wildman–Crippen LogP) is 2.94. The first kappa shape index (κ1) is 11.6. The van der Waals surface area contributed by atoms with E-state index in [1.165, 1.54) is 12.1 Å². The Hall–Kier alpha value is -1.46. The molecule has 0 bridgehead atoms. The summed E-state index contributed by atoms with van der Waals surface area (Å²) in [5.74, 6) is 0.500. The van der Waals surface area contributed by atoms with E-state index in [1.54, 1.807) is 6.07 Å². The van der Waals surface area contributed by atoms with E-state index in [0.29, 0.717) is 16.8 Å². The van der Waals surface area contributed by atoms with E-state index in [4.69, 9.17) is 21.9 Å². The maximum absolute atomic E-state index is 13.7. The maximum Gasteiger partial charge on any atom is 0.260 e. The predicted molar refractivity (Wildman–Crippen MR) is 64.4 cm³/mol. The fraction of sp³-hybridized carbons (Fsp3) is 0.333. The van der Waals surface area contributed by atoms with Crippen molar-refractivity contribution in [1.82, 2.24) is 10.1 Å². The third kappa shape index (κ3) is 2.11. The number of benzene rings is 1. The van der Waals surface area contributed by atoms with Crippen molar-refractivity contribution in [2.45, 2.75) is 18.9 Å². The summed E-state index contributed by atoms with van der Waals surface area (Å²) >= 11 is 5.68. The third-order valence-electron chi connectivity index (χ3n) is 3.03. The molecule has 1 aromatic heterocycles. The van der Waals surface area contributed by atoms with E-state index in [9.17, 15) is 4.39 Å². The first-order valence-electron chi connectivity index (χ1n) is 5.70. The molecule has 0 radical (unpaired) electrons. The fourth-order valence-electron chi connectivity index (χ4n) is 1.81. The van der Waals surface area contributed by atoms with E-state index >= 15 is 0 Å². The molecule has 0 aliphatic heterocycles. The number of halogens is 2. The topological polar surface area (TPSA) is 64.9 Å². The van der Waals surface area contributed by atoms with Crippen LogP contribution in [0.2, 0.25) is 5.02 Å². The van der Waals surface area contributed by atoms with Gasteiger partial charge in [0.15, 0.2) is 5.82 Å². The smallest absolute Gasteiger partial charge is 0.260 e. The van der Waals surface area contributed by atoms with Crippen molar-refractivity contribution < 1.29 is 8.91 Å². The highest BCUT2D eigenvalue weighted by molar-refractivity contribution is 6.30. The molecular formula is C12H11ClFN3O. The molecule has 1 aliphatic rings. The highest BCUT2D eigenvalue weighted by Crippen LogP contribution is 2.38. The maximum atomic E-state index is 13.7. The molecule has 0 spiro atoms. The van der Waals surface area contributed by atoms with E-state index in [0.717, 1.165) is 12.8 Å². The Balaban J connectivity index is 1.92. The average Bonchev–Trinajstić information content (AvgIpc) is 3.07. The van der Waals surface area contributed by atoms with E-state index in [-0.39, 0.29) is 17.5 Å². The van der Waals surface area contributed by atoms with E-state index in [1.807, 2.05) is 0 Å². The van der Waals surface area contributed by atoms with Gasteiger partial charge in [0.25, 0.3) is 5.89 Å². The van der Waals surface area contributed by atoms with Gasteiger partial charge in [-0.05, 0) is 37.0 Å². The fourth-order valence-corrected chi connectivity index (χ4v) is 1.97. The van der Waals surface area contributed by atoms with E-state index < -0.39 is 5.82 Å². The molecule has 1 aromatic carbocycles. The molecule has 1 unspecified atom stereocenters. The molecule has 94 valence electrons. The second-order valence-corrected chi connectivity index (χ2v) is 4.88. The molecule has 2 aromatic rings. The van der Waals surface area contributed by atoms with Crippen LogP contribution in [0.4, 0.5) is 4.39 Å². The van der Waals surface area contributed by atoms with Gasteiger partial charge in [0.2, 0.25) is 0 Å². The lowest BCUT2D eigenvalue weighted by Crippen LogP contribution is -2.13. The molecule has 2 N–H and O–H groups in total. The van der Waals surface area contributed by atoms with Crippen LogP contribution in [0.5, 0.6) is 0 Å².